The molecule has 0 atom stereocenters. The molecule has 0 amide bonds. The second kappa shape index (κ2) is 7.23. The number of hydrogen-bond donors (Lipinski definition) is 2. The highest BCUT2D eigenvalue weighted by molar-refractivity contribution is 5.92. The number of fused-ring (bicyclic) bond motifs is 1. The van der Waals surface area contributed by atoms with E-state index in [9.17, 15) is 4.79 Å². The molecule has 4 aromatic rings. The highest BCUT2D eigenvalue weighted by atomic mass is 16.1. The summed E-state index contributed by atoms with van der Waals surface area (Å²) >= 11 is 0. The van der Waals surface area contributed by atoms with Crippen LogP contribution in [-0.4, -0.2) is 19.9 Å². The maximum Gasteiger partial charge on any atom is 0.257 e. The Balaban J connectivity index is 1.87. The number of H-pyrrole nitrogens is 1. The Kier molecular flexibility index (Phi) is 4.61. The van der Waals surface area contributed by atoms with Crippen molar-refractivity contribution in [2.75, 3.05) is 5.32 Å². The molecule has 0 saturated carbocycles. The molecule has 6 nitrogen and oxygen atoms in total. The summed E-state index contributed by atoms with van der Waals surface area (Å²) in [5.41, 5.74) is 5.33. The molecule has 0 bridgehead atoms. The van der Waals surface area contributed by atoms with Gasteiger partial charge < -0.3 is 10.3 Å². The van der Waals surface area contributed by atoms with Crippen molar-refractivity contribution in [1.29, 1.82) is 0 Å². The predicted octanol–water partition coefficient (Wildman–Crippen LogP) is 4.56. The number of aromatic nitrogens is 4. The third kappa shape index (κ3) is 3.36. The lowest BCUT2D eigenvalue weighted by Gasteiger charge is -2.17. The fourth-order valence-electron chi connectivity index (χ4n) is 3.23. The van der Waals surface area contributed by atoms with Crippen molar-refractivity contribution in [3.63, 3.8) is 0 Å². The number of nitrogens with one attached hydrogen (secondary N) is 2. The Morgan fingerprint density at radius 1 is 1.07 bits per heavy atom. The molecule has 140 valence electrons. The van der Waals surface area contributed by atoms with Gasteiger partial charge >= 0.3 is 0 Å². The maximum atomic E-state index is 12.7. The van der Waals surface area contributed by atoms with E-state index in [1.807, 2.05) is 57.2 Å². The lowest BCUT2D eigenvalue weighted by Crippen LogP contribution is -2.15. The molecule has 0 aliphatic heterocycles. The molecule has 4 rings (SSSR count). The number of rotatable bonds is 4. The Morgan fingerprint density at radius 3 is 2.71 bits per heavy atom. The Morgan fingerprint density at radius 2 is 1.93 bits per heavy atom. The Bertz CT molecular complexity index is 1210. The molecule has 6 heteroatoms. The van der Waals surface area contributed by atoms with Crippen molar-refractivity contribution in [3.05, 3.63) is 76.7 Å². The second-order valence-electron chi connectivity index (χ2n) is 7.03. The summed E-state index contributed by atoms with van der Waals surface area (Å²) in [5, 5.41) is 4.39. The van der Waals surface area contributed by atoms with Crippen molar-refractivity contribution in [3.8, 4) is 11.3 Å². The third-order valence-corrected chi connectivity index (χ3v) is 4.63. The Hall–Kier alpha value is -3.54. The van der Waals surface area contributed by atoms with Crippen molar-refractivity contribution in [2.45, 2.75) is 26.7 Å². The first-order chi connectivity index (χ1) is 13.5. The van der Waals surface area contributed by atoms with Gasteiger partial charge in [-0.25, -0.2) is 0 Å². The van der Waals surface area contributed by atoms with E-state index in [2.05, 4.69) is 25.3 Å². The van der Waals surface area contributed by atoms with Crippen molar-refractivity contribution < 1.29 is 0 Å². The van der Waals surface area contributed by atoms with Gasteiger partial charge in [0.2, 0.25) is 0 Å². The molecule has 4 aromatic heterocycles. The van der Waals surface area contributed by atoms with Gasteiger partial charge in [-0.15, -0.1) is 0 Å². The number of anilines is 2. The van der Waals surface area contributed by atoms with Crippen molar-refractivity contribution in [1.82, 2.24) is 19.9 Å². The van der Waals surface area contributed by atoms with Gasteiger partial charge in [-0.2, -0.15) is 0 Å². The van der Waals surface area contributed by atoms with Crippen LogP contribution >= 0.6 is 0 Å². The van der Waals surface area contributed by atoms with Gasteiger partial charge in [0.15, 0.2) is 0 Å². The molecule has 0 fully saturated rings. The van der Waals surface area contributed by atoms with Crippen LogP contribution < -0.4 is 10.9 Å². The number of aromatic amines is 1. The molecular formula is C22H21N5O. The highest BCUT2D eigenvalue weighted by Gasteiger charge is 2.15. The topological polar surface area (TPSA) is 83.6 Å². The van der Waals surface area contributed by atoms with Crippen LogP contribution in [-0.2, 0) is 0 Å². The van der Waals surface area contributed by atoms with E-state index in [1.54, 1.807) is 18.6 Å². The summed E-state index contributed by atoms with van der Waals surface area (Å²) in [4.78, 5) is 28.9. The van der Waals surface area contributed by atoms with Crippen LogP contribution in [0.2, 0.25) is 0 Å². The van der Waals surface area contributed by atoms with Crippen LogP contribution in [0.1, 0.15) is 31.2 Å². The van der Waals surface area contributed by atoms with Gasteiger partial charge in [-0.1, -0.05) is 19.9 Å². The summed E-state index contributed by atoms with van der Waals surface area (Å²) in [7, 11) is 0. The smallest absolute Gasteiger partial charge is 0.257 e. The van der Waals surface area contributed by atoms with E-state index in [4.69, 9.17) is 0 Å². The van der Waals surface area contributed by atoms with Crippen LogP contribution in [0.5, 0.6) is 0 Å². The van der Waals surface area contributed by atoms with Crippen LogP contribution in [0.15, 0.2) is 59.8 Å². The zero-order chi connectivity index (χ0) is 19.7. The quantitative estimate of drug-likeness (QED) is 0.550. The molecule has 2 N–H and O–H groups in total. The van der Waals surface area contributed by atoms with Gasteiger partial charge in [0, 0.05) is 35.4 Å². The second-order valence-corrected chi connectivity index (χ2v) is 7.03. The summed E-state index contributed by atoms with van der Waals surface area (Å²) < 4.78 is 0. The SMILES string of the molecule is Cc1cccc(-c2cc(Nc3ccnc4ccncc34)c(C(C)C)[nH]c2=O)n1. The average molecular weight is 371 g/mol. The molecule has 0 aromatic carbocycles. The standard InChI is InChI=1S/C22H21N5O/c1-13(2)21-20(26-19-8-10-24-17-7-9-23-12-16(17)19)11-15(22(28)27-21)18-6-4-5-14(3)25-18/h4-13H,1-3H3,(H,24,26)(H,27,28). The minimum Gasteiger partial charge on any atom is -0.353 e. The van der Waals surface area contributed by atoms with E-state index in [1.165, 1.54) is 0 Å². The first kappa shape index (κ1) is 17.9. The number of aryl methyl sites for hydroxylation is 1. The molecule has 0 unspecified atom stereocenters. The molecule has 0 radical (unpaired) electrons. The molecule has 0 spiro atoms. The minimum absolute atomic E-state index is 0.140. The molecule has 0 saturated heterocycles. The van der Waals surface area contributed by atoms with Crippen molar-refractivity contribution >= 4 is 22.3 Å². The summed E-state index contributed by atoms with van der Waals surface area (Å²) in [6.45, 7) is 6.01. The van der Waals surface area contributed by atoms with Crippen LogP contribution in [0.25, 0.3) is 22.2 Å². The predicted molar refractivity (Wildman–Crippen MR) is 112 cm³/mol. The normalized spacial score (nSPS) is 11.1. The van der Waals surface area contributed by atoms with E-state index < -0.39 is 0 Å². The lowest BCUT2D eigenvalue weighted by molar-refractivity contribution is 0.819. The average Bonchev–Trinajstić information content (AvgIpc) is 2.69. The highest BCUT2D eigenvalue weighted by Crippen LogP contribution is 2.30. The fourth-order valence-corrected chi connectivity index (χ4v) is 3.23. The summed E-state index contributed by atoms with van der Waals surface area (Å²) in [6.07, 6.45) is 5.27. The zero-order valence-corrected chi connectivity index (χ0v) is 16.0. The number of hydrogen-bond acceptors (Lipinski definition) is 5. The zero-order valence-electron chi connectivity index (χ0n) is 16.0. The Labute approximate surface area is 162 Å². The summed E-state index contributed by atoms with van der Waals surface area (Å²) in [5.74, 6) is 0.140. The number of nitrogens with zero attached hydrogens (tertiary/aromatic N) is 3. The van der Waals surface area contributed by atoms with Crippen LogP contribution in [0.3, 0.4) is 0 Å². The lowest BCUT2D eigenvalue weighted by atomic mass is 10.0. The van der Waals surface area contributed by atoms with Crippen molar-refractivity contribution in [2.24, 2.45) is 0 Å². The molecule has 28 heavy (non-hydrogen) atoms. The minimum atomic E-state index is -0.145. The van der Waals surface area contributed by atoms with Gasteiger partial charge in [0.25, 0.3) is 5.56 Å². The maximum absolute atomic E-state index is 12.7. The molecular weight excluding hydrogens is 350 g/mol. The fraction of sp³-hybridized carbons (Fsp3) is 0.182. The molecule has 0 aliphatic carbocycles. The molecule has 4 heterocycles. The largest absolute Gasteiger partial charge is 0.353 e. The van der Waals surface area contributed by atoms with Crippen LogP contribution in [0.4, 0.5) is 11.4 Å². The first-order valence-corrected chi connectivity index (χ1v) is 9.20. The van der Waals surface area contributed by atoms with E-state index >= 15 is 0 Å². The van der Waals surface area contributed by atoms with Gasteiger partial charge in [0.1, 0.15) is 0 Å². The van der Waals surface area contributed by atoms with Gasteiger partial charge in [-0.05, 0) is 43.2 Å². The first-order valence-electron chi connectivity index (χ1n) is 9.20. The van der Waals surface area contributed by atoms with E-state index in [0.717, 1.165) is 33.7 Å². The van der Waals surface area contributed by atoms with Gasteiger partial charge in [-0.3, -0.25) is 19.7 Å². The van der Waals surface area contributed by atoms with Gasteiger partial charge in [0.05, 0.1) is 28.1 Å². The van der Waals surface area contributed by atoms with Crippen LogP contribution in [0, 0.1) is 6.92 Å². The number of pyridine rings is 4. The molecule has 0 aliphatic rings. The monoisotopic (exact) mass is 371 g/mol. The third-order valence-electron chi connectivity index (χ3n) is 4.63. The van der Waals surface area contributed by atoms with E-state index in [-0.39, 0.29) is 11.5 Å². The van der Waals surface area contributed by atoms with E-state index in [0.29, 0.717) is 11.3 Å². The summed E-state index contributed by atoms with van der Waals surface area (Å²) in [6, 6.07) is 11.3.